The van der Waals surface area contributed by atoms with Gasteiger partial charge < -0.3 is 4.74 Å². The molecule has 25 heavy (non-hydrogen) atoms. The van der Waals surface area contributed by atoms with E-state index in [1.165, 1.54) is 18.0 Å². The van der Waals surface area contributed by atoms with Gasteiger partial charge in [0.1, 0.15) is 11.5 Å². The molecule has 0 unspecified atom stereocenters. The Morgan fingerprint density at radius 3 is 2.36 bits per heavy atom. The first kappa shape index (κ1) is 17.2. The lowest BCUT2D eigenvalue weighted by molar-refractivity contribution is -0.116. The molecule has 0 bridgehead atoms. The van der Waals surface area contributed by atoms with Crippen molar-refractivity contribution in [3.05, 3.63) is 59.8 Å². The van der Waals surface area contributed by atoms with Crippen molar-refractivity contribution >= 4 is 26.7 Å². The van der Waals surface area contributed by atoms with Gasteiger partial charge in [0.25, 0.3) is 10.0 Å². The van der Waals surface area contributed by atoms with Crippen molar-refractivity contribution in [2.45, 2.75) is 25.2 Å². The molecule has 0 atom stereocenters. The Hall–Kier alpha value is -2.60. The third kappa shape index (κ3) is 3.17. The first-order valence-corrected chi connectivity index (χ1v) is 9.27. The molecule has 5 nitrogen and oxygen atoms in total. The third-order valence-corrected chi connectivity index (χ3v) is 5.81. The summed E-state index contributed by atoms with van der Waals surface area (Å²) < 4.78 is 32.9. The Morgan fingerprint density at radius 1 is 1.08 bits per heavy atom. The third-order valence-electron chi connectivity index (χ3n) is 4.03. The van der Waals surface area contributed by atoms with Gasteiger partial charge in [-0.2, -0.15) is 0 Å². The van der Waals surface area contributed by atoms with E-state index in [1.807, 2.05) is 6.92 Å². The number of carbonyl (C=O) groups is 1. The van der Waals surface area contributed by atoms with Gasteiger partial charge in [0.05, 0.1) is 17.5 Å². The van der Waals surface area contributed by atoms with Crippen molar-refractivity contribution in [3.8, 4) is 5.75 Å². The number of ketones is 1. The molecule has 0 saturated carbocycles. The highest BCUT2D eigenvalue weighted by atomic mass is 32.2. The van der Waals surface area contributed by atoms with Crippen LogP contribution in [-0.4, -0.2) is 25.3 Å². The Bertz CT molecular complexity index is 1050. The molecule has 3 aromatic rings. The van der Waals surface area contributed by atoms with E-state index in [0.717, 1.165) is 10.9 Å². The monoisotopic (exact) mass is 357 g/mol. The average Bonchev–Trinajstić information content (AvgIpc) is 2.91. The smallest absolute Gasteiger partial charge is 0.268 e. The molecule has 1 aromatic heterocycles. The molecule has 0 aliphatic heterocycles. The number of aryl methyl sites for hydroxylation is 1. The summed E-state index contributed by atoms with van der Waals surface area (Å²) in [4.78, 5) is 11.8. The second-order valence-electron chi connectivity index (χ2n) is 6.02. The number of hydrogen-bond acceptors (Lipinski definition) is 4. The fraction of sp³-hybridized carbons (Fsp3) is 0.211. The maximum absolute atomic E-state index is 13.2. The minimum absolute atomic E-state index is 0.0437. The zero-order valence-electron chi connectivity index (χ0n) is 14.3. The molecule has 0 spiro atoms. The average molecular weight is 357 g/mol. The molecule has 1 heterocycles. The van der Waals surface area contributed by atoms with Gasteiger partial charge in [-0.1, -0.05) is 17.7 Å². The quantitative estimate of drug-likeness (QED) is 0.702. The van der Waals surface area contributed by atoms with Crippen molar-refractivity contribution in [1.29, 1.82) is 0 Å². The summed E-state index contributed by atoms with van der Waals surface area (Å²) in [6, 6.07) is 13.6. The van der Waals surface area contributed by atoms with E-state index in [-0.39, 0.29) is 17.1 Å². The predicted molar refractivity (Wildman–Crippen MR) is 96.6 cm³/mol. The van der Waals surface area contributed by atoms with Crippen molar-refractivity contribution in [1.82, 2.24) is 3.97 Å². The number of rotatable bonds is 5. The highest BCUT2D eigenvalue weighted by Crippen LogP contribution is 2.29. The van der Waals surface area contributed by atoms with Crippen LogP contribution in [0.1, 0.15) is 18.2 Å². The topological polar surface area (TPSA) is 65.4 Å². The van der Waals surface area contributed by atoms with Gasteiger partial charge in [-0.15, -0.1) is 0 Å². The van der Waals surface area contributed by atoms with E-state index in [0.29, 0.717) is 17.0 Å². The number of carbonyl (C=O) groups excluding carboxylic acids is 1. The number of methoxy groups -OCH3 is 1. The minimum atomic E-state index is -3.83. The molecule has 3 rings (SSSR count). The van der Waals surface area contributed by atoms with Crippen molar-refractivity contribution in [3.63, 3.8) is 0 Å². The van der Waals surface area contributed by atoms with Gasteiger partial charge in [0.2, 0.25) is 0 Å². The molecule has 0 amide bonds. The summed E-state index contributed by atoms with van der Waals surface area (Å²) in [6.45, 7) is 3.34. The van der Waals surface area contributed by atoms with Gasteiger partial charge in [0, 0.05) is 23.6 Å². The highest BCUT2D eigenvalue weighted by molar-refractivity contribution is 7.90. The van der Waals surface area contributed by atoms with Crippen LogP contribution in [-0.2, 0) is 21.2 Å². The first-order chi connectivity index (χ1) is 11.8. The minimum Gasteiger partial charge on any atom is -0.497 e. The number of nitrogens with zero attached hydrogens (tertiary/aromatic N) is 1. The second-order valence-corrected chi connectivity index (χ2v) is 7.81. The predicted octanol–water partition coefficient (Wildman–Crippen LogP) is 3.33. The molecule has 6 heteroatoms. The number of fused-ring (bicyclic) bond motifs is 1. The van der Waals surface area contributed by atoms with Crippen LogP contribution < -0.4 is 4.74 Å². The van der Waals surface area contributed by atoms with Crippen LogP contribution in [0.4, 0.5) is 0 Å². The van der Waals surface area contributed by atoms with E-state index >= 15 is 0 Å². The molecule has 2 aromatic carbocycles. The van der Waals surface area contributed by atoms with Crippen LogP contribution in [0.25, 0.3) is 10.9 Å². The Kier molecular flexibility index (Phi) is 4.39. The summed E-state index contributed by atoms with van der Waals surface area (Å²) in [5, 5.41) is 0.743. The van der Waals surface area contributed by atoms with E-state index in [4.69, 9.17) is 4.74 Å². The highest BCUT2D eigenvalue weighted by Gasteiger charge is 2.24. The summed E-state index contributed by atoms with van der Waals surface area (Å²) in [6.07, 6.45) is 0.0437. The number of hydrogen-bond donors (Lipinski definition) is 0. The molecule has 0 saturated heterocycles. The zero-order valence-corrected chi connectivity index (χ0v) is 15.1. The zero-order chi connectivity index (χ0) is 18.2. The number of Topliss-reactive ketones (excluding diaryl/α,β-unsaturated/α-hetero) is 1. The maximum Gasteiger partial charge on any atom is 0.268 e. The van der Waals surface area contributed by atoms with Crippen molar-refractivity contribution in [2.75, 3.05) is 7.11 Å². The molecular formula is C19H19NO4S. The van der Waals surface area contributed by atoms with Gasteiger partial charge >= 0.3 is 0 Å². The lowest BCUT2D eigenvalue weighted by atomic mass is 10.2. The molecule has 130 valence electrons. The molecular weight excluding hydrogens is 338 g/mol. The molecule has 0 aliphatic rings. The first-order valence-electron chi connectivity index (χ1n) is 7.83. The van der Waals surface area contributed by atoms with Gasteiger partial charge in [-0.25, -0.2) is 12.4 Å². The summed E-state index contributed by atoms with van der Waals surface area (Å²) >= 11 is 0. The Labute approximate surface area is 146 Å². The summed E-state index contributed by atoms with van der Waals surface area (Å²) in [7, 11) is -2.30. The van der Waals surface area contributed by atoms with Crippen LogP contribution >= 0.6 is 0 Å². The number of ether oxygens (including phenoxy) is 1. The van der Waals surface area contributed by atoms with Gasteiger partial charge in [-0.05, 0) is 44.2 Å². The SMILES string of the molecule is COc1ccc2cc(CC(C)=O)n(S(=O)(=O)c3ccc(C)cc3)c2c1. The molecule has 0 fully saturated rings. The maximum atomic E-state index is 13.2. The largest absolute Gasteiger partial charge is 0.497 e. The van der Waals surface area contributed by atoms with Crippen molar-refractivity contribution in [2.24, 2.45) is 0 Å². The van der Waals surface area contributed by atoms with Crippen LogP contribution in [0, 0.1) is 6.92 Å². The molecule has 0 aliphatic carbocycles. The van der Waals surface area contributed by atoms with E-state index in [1.54, 1.807) is 48.5 Å². The number of aromatic nitrogens is 1. The van der Waals surface area contributed by atoms with Crippen LogP contribution in [0.5, 0.6) is 5.75 Å². The van der Waals surface area contributed by atoms with Gasteiger partial charge in [-0.3, -0.25) is 4.79 Å². The van der Waals surface area contributed by atoms with E-state index in [9.17, 15) is 13.2 Å². The summed E-state index contributed by atoms with van der Waals surface area (Å²) in [5.41, 5.74) is 1.91. The Balaban J connectivity index is 2.31. The van der Waals surface area contributed by atoms with E-state index in [2.05, 4.69) is 0 Å². The van der Waals surface area contributed by atoms with E-state index < -0.39 is 10.0 Å². The Morgan fingerprint density at radius 2 is 1.76 bits per heavy atom. The fourth-order valence-electron chi connectivity index (χ4n) is 2.82. The van der Waals surface area contributed by atoms with Crippen LogP contribution in [0.2, 0.25) is 0 Å². The molecule has 0 N–H and O–H groups in total. The lowest BCUT2D eigenvalue weighted by Gasteiger charge is -2.12. The second kappa shape index (κ2) is 6.37. The number of benzene rings is 2. The standard InChI is InChI=1S/C19H19NO4S/c1-13-4-8-18(9-5-13)25(22,23)20-16(10-14(2)21)11-15-6-7-17(24-3)12-19(15)20/h4-9,11-12H,10H2,1-3H3. The normalized spacial score (nSPS) is 11.6. The van der Waals surface area contributed by atoms with Gasteiger partial charge in [0.15, 0.2) is 0 Å². The lowest BCUT2D eigenvalue weighted by Crippen LogP contribution is -2.17. The fourth-order valence-corrected chi connectivity index (χ4v) is 4.35. The summed E-state index contributed by atoms with van der Waals surface area (Å²) in [5.74, 6) is 0.454. The molecule has 0 radical (unpaired) electrons. The van der Waals surface area contributed by atoms with Crippen LogP contribution in [0.3, 0.4) is 0 Å². The van der Waals surface area contributed by atoms with Crippen molar-refractivity contribution < 1.29 is 17.9 Å². The van der Waals surface area contributed by atoms with Crippen LogP contribution in [0.15, 0.2) is 53.4 Å².